The lowest BCUT2D eigenvalue weighted by atomic mass is 10.0. The minimum atomic E-state index is -0.495. The molecule has 0 fully saturated rings. The molecule has 1 unspecified atom stereocenters. The van der Waals surface area contributed by atoms with Crippen molar-refractivity contribution in [2.45, 2.75) is 26.8 Å². The number of hydrogen-bond acceptors (Lipinski definition) is 3. The number of nitrogens with two attached hydrogens (primary N) is 1. The van der Waals surface area contributed by atoms with E-state index in [1.807, 2.05) is 26.8 Å². The molecule has 0 radical (unpaired) electrons. The maximum Gasteiger partial charge on any atom is 0.251 e. The number of nitrogens with zero attached hydrogens (tertiary/aromatic N) is 1. The van der Waals surface area contributed by atoms with Crippen LogP contribution in [-0.4, -0.2) is 23.6 Å². The molecule has 0 spiro atoms. The average Bonchev–Trinajstić information content (AvgIpc) is 2.30. The SMILES string of the molecule is Cc1cccc(=O)n1C(C(=O)NCCN)C(C)C. The fourth-order valence-corrected chi connectivity index (χ4v) is 1.98. The van der Waals surface area contributed by atoms with Crippen LogP contribution < -0.4 is 16.6 Å². The molecule has 1 rings (SSSR count). The molecule has 0 aromatic carbocycles. The summed E-state index contributed by atoms with van der Waals surface area (Å²) in [5, 5.41) is 2.74. The highest BCUT2D eigenvalue weighted by molar-refractivity contribution is 5.80. The van der Waals surface area contributed by atoms with Gasteiger partial charge in [-0.05, 0) is 18.9 Å². The maximum atomic E-state index is 12.1. The molecule has 100 valence electrons. The number of carbonyl (C=O) groups is 1. The van der Waals surface area contributed by atoms with E-state index >= 15 is 0 Å². The zero-order valence-electron chi connectivity index (χ0n) is 11.1. The molecule has 0 saturated carbocycles. The molecular weight excluding hydrogens is 230 g/mol. The summed E-state index contributed by atoms with van der Waals surface area (Å²) in [6.45, 7) is 6.48. The molecule has 1 heterocycles. The third kappa shape index (κ3) is 3.20. The van der Waals surface area contributed by atoms with Crippen LogP contribution in [0, 0.1) is 12.8 Å². The van der Waals surface area contributed by atoms with Gasteiger partial charge in [0.05, 0.1) is 0 Å². The smallest absolute Gasteiger partial charge is 0.251 e. The fraction of sp³-hybridized carbons (Fsp3) is 0.538. The highest BCUT2D eigenvalue weighted by Gasteiger charge is 2.25. The van der Waals surface area contributed by atoms with E-state index in [1.54, 1.807) is 6.07 Å². The van der Waals surface area contributed by atoms with Gasteiger partial charge in [-0.25, -0.2) is 0 Å². The standard InChI is InChI=1S/C13H21N3O2/c1-9(2)12(13(18)15-8-7-14)16-10(3)5-4-6-11(16)17/h4-6,9,12H,7-8,14H2,1-3H3,(H,15,18). The Kier molecular flexibility index (Phi) is 5.09. The van der Waals surface area contributed by atoms with E-state index < -0.39 is 6.04 Å². The molecule has 1 aromatic rings. The minimum Gasteiger partial charge on any atom is -0.353 e. The molecule has 1 aromatic heterocycles. The summed E-state index contributed by atoms with van der Waals surface area (Å²) >= 11 is 0. The van der Waals surface area contributed by atoms with Crippen LogP contribution in [-0.2, 0) is 4.79 Å². The first-order valence-corrected chi connectivity index (χ1v) is 6.15. The number of hydrogen-bond donors (Lipinski definition) is 2. The Bertz CT molecular complexity index is 466. The Labute approximate surface area is 107 Å². The van der Waals surface area contributed by atoms with Gasteiger partial charge in [0.1, 0.15) is 6.04 Å². The van der Waals surface area contributed by atoms with Crippen LogP contribution in [0.4, 0.5) is 0 Å². The molecule has 5 heteroatoms. The third-order valence-electron chi connectivity index (χ3n) is 2.82. The van der Waals surface area contributed by atoms with Gasteiger partial charge in [-0.3, -0.25) is 9.59 Å². The second-order valence-electron chi connectivity index (χ2n) is 4.64. The van der Waals surface area contributed by atoms with Crippen LogP contribution in [0.1, 0.15) is 25.6 Å². The molecular formula is C13H21N3O2. The first-order valence-electron chi connectivity index (χ1n) is 6.15. The molecule has 1 amide bonds. The Balaban J connectivity index is 3.13. The highest BCUT2D eigenvalue weighted by atomic mass is 16.2. The van der Waals surface area contributed by atoms with Crippen LogP contribution in [0.5, 0.6) is 0 Å². The van der Waals surface area contributed by atoms with Gasteiger partial charge >= 0.3 is 0 Å². The van der Waals surface area contributed by atoms with Crippen LogP contribution in [0.25, 0.3) is 0 Å². The summed E-state index contributed by atoms with van der Waals surface area (Å²) in [6, 6.07) is 4.50. The van der Waals surface area contributed by atoms with Gasteiger partial charge in [0.15, 0.2) is 0 Å². The van der Waals surface area contributed by atoms with Gasteiger partial charge in [0.2, 0.25) is 5.91 Å². The minimum absolute atomic E-state index is 0.0292. The largest absolute Gasteiger partial charge is 0.353 e. The Hall–Kier alpha value is -1.62. The number of aromatic nitrogens is 1. The van der Waals surface area contributed by atoms with E-state index in [0.29, 0.717) is 13.1 Å². The monoisotopic (exact) mass is 251 g/mol. The van der Waals surface area contributed by atoms with Crippen molar-refractivity contribution in [3.63, 3.8) is 0 Å². The second-order valence-corrected chi connectivity index (χ2v) is 4.64. The van der Waals surface area contributed by atoms with Crippen molar-refractivity contribution in [1.29, 1.82) is 0 Å². The number of carbonyl (C=O) groups excluding carboxylic acids is 1. The summed E-state index contributed by atoms with van der Waals surface area (Å²) in [5.41, 5.74) is 5.99. The van der Waals surface area contributed by atoms with E-state index in [2.05, 4.69) is 5.32 Å². The summed E-state index contributed by atoms with van der Waals surface area (Å²) in [4.78, 5) is 24.0. The number of aryl methyl sites for hydroxylation is 1. The van der Waals surface area contributed by atoms with E-state index in [1.165, 1.54) is 10.6 Å². The lowest BCUT2D eigenvalue weighted by molar-refractivity contribution is -0.125. The van der Waals surface area contributed by atoms with Crippen molar-refractivity contribution in [1.82, 2.24) is 9.88 Å². The topological polar surface area (TPSA) is 77.1 Å². The van der Waals surface area contributed by atoms with Crippen LogP contribution in [0.15, 0.2) is 23.0 Å². The van der Waals surface area contributed by atoms with Crippen LogP contribution in [0.2, 0.25) is 0 Å². The van der Waals surface area contributed by atoms with Gasteiger partial charge in [-0.2, -0.15) is 0 Å². The lowest BCUT2D eigenvalue weighted by Crippen LogP contribution is -2.42. The van der Waals surface area contributed by atoms with Gasteiger partial charge in [-0.15, -0.1) is 0 Å². The van der Waals surface area contributed by atoms with Gasteiger partial charge in [0.25, 0.3) is 5.56 Å². The van der Waals surface area contributed by atoms with Gasteiger partial charge in [-0.1, -0.05) is 19.9 Å². The Morgan fingerprint density at radius 1 is 1.44 bits per heavy atom. The van der Waals surface area contributed by atoms with Gasteiger partial charge < -0.3 is 15.6 Å². The molecule has 0 saturated heterocycles. The van der Waals surface area contributed by atoms with Crippen molar-refractivity contribution < 1.29 is 4.79 Å². The lowest BCUT2D eigenvalue weighted by Gasteiger charge is -2.24. The van der Waals surface area contributed by atoms with Crippen molar-refractivity contribution in [2.24, 2.45) is 11.7 Å². The molecule has 0 aliphatic rings. The Morgan fingerprint density at radius 3 is 2.61 bits per heavy atom. The summed E-state index contributed by atoms with van der Waals surface area (Å²) < 4.78 is 1.54. The highest BCUT2D eigenvalue weighted by Crippen LogP contribution is 2.17. The predicted molar refractivity (Wildman–Crippen MR) is 71.4 cm³/mol. The quantitative estimate of drug-likeness (QED) is 0.796. The summed E-state index contributed by atoms with van der Waals surface area (Å²) in [7, 11) is 0. The number of nitrogens with one attached hydrogen (secondary N) is 1. The molecule has 3 N–H and O–H groups in total. The van der Waals surface area contributed by atoms with Crippen molar-refractivity contribution in [3.05, 3.63) is 34.2 Å². The van der Waals surface area contributed by atoms with Crippen molar-refractivity contribution in [2.75, 3.05) is 13.1 Å². The fourth-order valence-electron chi connectivity index (χ4n) is 1.98. The molecule has 0 aliphatic heterocycles. The first kappa shape index (κ1) is 14.4. The predicted octanol–water partition coefficient (Wildman–Crippen LogP) is 0.429. The second kappa shape index (κ2) is 6.35. The normalized spacial score (nSPS) is 12.5. The number of pyridine rings is 1. The number of amides is 1. The molecule has 0 bridgehead atoms. The van der Waals surface area contributed by atoms with Crippen LogP contribution in [0.3, 0.4) is 0 Å². The zero-order chi connectivity index (χ0) is 13.7. The summed E-state index contributed by atoms with van der Waals surface area (Å²) in [6.07, 6.45) is 0. The average molecular weight is 251 g/mol. The molecule has 18 heavy (non-hydrogen) atoms. The summed E-state index contributed by atoms with van der Waals surface area (Å²) in [5.74, 6) is -0.131. The van der Waals surface area contributed by atoms with E-state index in [-0.39, 0.29) is 17.4 Å². The van der Waals surface area contributed by atoms with E-state index in [4.69, 9.17) is 5.73 Å². The van der Waals surface area contributed by atoms with E-state index in [9.17, 15) is 9.59 Å². The molecule has 0 aliphatic carbocycles. The van der Waals surface area contributed by atoms with Crippen molar-refractivity contribution in [3.8, 4) is 0 Å². The third-order valence-corrected chi connectivity index (χ3v) is 2.82. The van der Waals surface area contributed by atoms with Crippen molar-refractivity contribution >= 4 is 5.91 Å². The van der Waals surface area contributed by atoms with Crippen LogP contribution >= 0.6 is 0 Å². The van der Waals surface area contributed by atoms with Gasteiger partial charge in [0, 0.05) is 24.8 Å². The Morgan fingerprint density at radius 2 is 2.11 bits per heavy atom. The molecule has 5 nitrogen and oxygen atoms in total. The van der Waals surface area contributed by atoms with E-state index in [0.717, 1.165) is 5.69 Å². The number of rotatable bonds is 5. The zero-order valence-corrected chi connectivity index (χ0v) is 11.1. The first-order chi connectivity index (χ1) is 8.49. The maximum absolute atomic E-state index is 12.1. The molecule has 1 atom stereocenters.